The largest absolute Gasteiger partial charge is 0.314 e. The molecule has 0 amide bonds. The first-order valence-corrected chi connectivity index (χ1v) is 10.1. The average molecular weight is 292 g/mol. The molecule has 4 unspecified atom stereocenters. The zero-order valence-electron chi connectivity index (χ0n) is 14.3. The molecule has 0 aromatic rings. The lowest BCUT2D eigenvalue weighted by Gasteiger charge is -2.42. The van der Waals surface area contributed by atoms with Crippen molar-refractivity contribution in [1.82, 2.24) is 5.32 Å². The highest BCUT2D eigenvalue weighted by Crippen LogP contribution is 2.44. The van der Waals surface area contributed by atoms with Gasteiger partial charge in [0.05, 0.1) is 0 Å². The van der Waals surface area contributed by atoms with Crippen LogP contribution in [0.4, 0.5) is 0 Å². The van der Waals surface area contributed by atoms with Gasteiger partial charge in [-0.15, -0.1) is 0 Å². The molecule has 0 aromatic heterocycles. The Hall–Kier alpha value is -0.0400. The first kappa shape index (κ1) is 15.8. The lowest BCUT2D eigenvalue weighted by molar-refractivity contribution is 0.103. The summed E-state index contributed by atoms with van der Waals surface area (Å²) >= 11 is 0. The minimum Gasteiger partial charge on any atom is -0.314 e. The Kier molecular flexibility index (Phi) is 6.03. The second kappa shape index (κ2) is 7.99. The van der Waals surface area contributed by atoms with Crippen LogP contribution >= 0.6 is 0 Å². The van der Waals surface area contributed by atoms with Crippen LogP contribution in [0.2, 0.25) is 0 Å². The fourth-order valence-electron chi connectivity index (χ4n) is 5.65. The van der Waals surface area contributed by atoms with E-state index in [9.17, 15) is 0 Å². The third-order valence-electron chi connectivity index (χ3n) is 6.87. The van der Waals surface area contributed by atoms with Gasteiger partial charge in [-0.05, 0) is 62.3 Å². The van der Waals surface area contributed by atoms with Gasteiger partial charge in [-0.3, -0.25) is 0 Å². The highest BCUT2D eigenvalue weighted by Gasteiger charge is 2.36. The van der Waals surface area contributed by atoms with Gasteiger partial charge in [0.15, 0.2) is 0 Å². The molecule has 0 radical (unpaired) electrons. The minimum absolute atomic E-state index is 0.843. The molecule has 1 heteroatoms. The summed E-state index contributed by atoms with van der Waals surface area (Å²) in [6.07, 6.45) is 19.6. The minimum atomic E-state index is 0.843. The van der Waals surface area contributed by atoms with Crippen molar-refractivity contribution in [2.24, 2.45) is 23.7 Å². The van der Waals surface area contributed by atoms with Crippen LogP contribution in [-0.2, 0) is 0 Å². The Balaban J connectivity index is 1.56. The van der Waals surface area contributed by atoms with E-state index < -0.39 is 0 Å². The van der Waals surface area contributed by atoms with E-state index in [1.807, 2.05) is 0 Å². The van der Waals surface area contributed by atoms with E-state index in [1.54, 1.807) is 25.7 Å². The first-order valence-electron chi connectivity index (χ1n) is 10.1. The molecule has 1 nitrogen and oxygen atoms in total. The summed E-state index contributed by atoms with van der Waals surface area (Å²) in [4.78, 5) is 0. The number of rotatable bonds is 6. The van der Waals surface area contributed by atoms with Crippen LogP contribution in [0.3, 0.4) is 0 Å². The van der Waals surface area contributed by atoms with Crippen LogP contribution in [0, 0.1) is 23.7 Å². The van der Waals surface area contributed by atoms with Crippen LogP contribution in [0.15, 0.2) is 0 Å². The highest BCUT2D eigenvalue weighted by molar-refractivity contribution is 4.89. The summed E-state index contributed by atoms with van der Waals surface area (Å²) < 4.78 is 0. The standard InChI is InChI=1S/C20H37N/c1-2-13-21-20(14-16-7-3-4-8-16)19-12-11-17-9-5-6-10-18(17)15-19/h16-21H,2-15H2,1H3. The Bertz CT molecular complexity index is 294. The Labute approximate surface area is 132 Å². The molecule has 1 N–H and O–H groups in total. The van der Waals surface area contributed by atoms with Crippen molar-refractivity contribution in [3.63, 3.8) is 0 Å². The molecule has 3 aliphatic rings. The molecular formula is C20H37N. The average Bonchev–Trinajstić information content (AvgIpc) is 3.04. The molecular weight excluding hydrogens is 254 g/mol. The predicted molar refractivity (Wildman–Crippen MR) is 91.4 cm³/mol. The maximum absolute atomic E-state index is 3.96. The Morgan fingerprint density at radius 2 is 1.57 bits per heavy atom. The lowest BCUT2D eigenvalue weighted by atomic mass is 9.65. The summed E-state index contributed by atoms with van der Waals surface area (Å²) in [5.74, 6) is 4.24. The van der Waals surface area contributed by atoms with Crippen molar-refractivity contribution in [2.75, 3.05) is 6.54 Å². The molecule has 0 aliphatic heterocycles. The highest BCUT2D eigenvalue weighted by atomic mass is 14.9. The molecule has 3 aliphatic carbocycles. The van der Waals surface area contributed by atoms with Gasteiger partial charge in [0, 0.05) is 6.04 Å². The molecule has 0 heterocycles. The van der Waals surface area contributed by atoms with Gasteiger partial charge in [-0.1, -0.05) is 58.3 Å². The van der Waals surface area contributed by atoms with Crippen LogP contribution in [-0.4, -0.2) is 12.6 Å². The second-order valence-corrected chi connectivity index (χ2v) is 8.32. The predicted octanol–water partition coefficient (Wildman–Crippen LogP) is 5.54. The quantitative estimate of drug-likeness (QED) is 0.677. The summed E-state index contributed by atoms with van der Waals surface area (Å²) in [7, 11) is 0. The molecule has 0 spiro atoms. The molecule has 3 saturated carbocycles. The van der Waals surface area contributed by atoms with Gasteiger partial charge >= 0.3 is 0 Å². The fourth-order valence-corrected chi connectivity index (χ4v) is 5.65. The fraction of sp³-hybridized carbons (Fsp3) is 1.00. The van der Waals surface area contributed by atoms with E-state index in [0.29, 0.717) is 0 Å². The zero-order chi connectivity index (χ0) is 14.5. The molecule has 3 fully saturated rings. The van der Waals surface area contributed by atoms with Crippen molar-refractivity contribution in [3.05, 3.63) is 0 Å². The Morgan fingerprint density at radius 1 is 0.857 bits per heavy atom. The smallest absolute Gasteiger partial charge is 0.00980 e. The van der Waals surface area contributed by atoms with Gasteiger partial charge in [0.25, 0.3) is 0 Å². The summed E-state index contributed by atoms with van der Waals surface area (Å²) in [5.41, 5.74) is 0. The monoisotopic (exact) mass is 291 g/mol. The summed E-state index contributed by atoms with van der Waals surface area (Å²) in [5, 5.41) is 3.96. The van der Waals surface area contributed by atoms with Crippen LogP contribution < -0.4 is 5.32 Å². The van der Waals surface area contributed by atoms with Crippen LogP contribution in [0.25, 0.3) is 0 Å². The van der Waals surface area contributed by atoms with E-state index in [2.05, 4.69) is 12.2 Å². The van der Waals surface area contributed by atoms with E-state index >= 15 is 0 Å². The lowest BCUT2D eigenvalue weighted by Crippen LogP contribution is -2.42. The topological polar surface area (TPSA) is 12.0 Å². The summed E-state index contributed by atoms with van der Waals surface area (Å²) in [6, 6.07) is 0.843. The zero-order valence-corrected chi connectivity index (χ0v) is 14.3. The van der Waals surface area contributed by atoms with E-state index in [0.717, 1.165) is 29.7 Å². The van der Waals surface area contributed by atoms with E-state index in [1.165, 1.54) is 64.3 Å². The number of hydrogen-bond acceptors (Lipinski definition) is 1. The SMILES string of the molecule is CCCNC(CC1CCCC1)C1CCC2CCCCC2C1. The second-order valence-electron chi connectivity index (χ2n) is 8.32. The van der Waals surface area contributed by atoms with Gasteiger partial charge in [-0.2, -0.15) is 0 Å². The molecule has 0 aromatic carbocycles. The molecule has 122 valence electrons. The third-order valence-corrected chi connectivity index (χ3v) is 6.87. The van der Waals surface area contributed by atoms with E-state index in [-0.39, 0.29) is 0 Å². The molecule has 4 atom stereocenters. The van der Waals surface area contributed by atoms with Gasteiger partial charge in [0.2, 0.25) is 0 Å². The number of hydrogen-bond donors (Lipinski definition) is 1. The van der Waals surface area contributed by atoms with Crippen LogP contribution in [0.1, 0.15) is 90.4 Å². The van der Waals surface area contributed by atoms with Crippen molar-refractivity contribution >= 4 is 0 Å². The van der Waals surface area contributed by atoms with Crippen molar-refractivity contribution in [2.45, 2.75) is 96.4 Å². The number of nitrogens with one attached hydrogen (secondary N) is 1. The third kappa shape index (κ3) is 4.24. The normalized spacial score (nSPS) is 35.6. The number of fused-ring (bicyclic) bond motifs is 1. The van der Waals surface area contributed by atoms with Crippen LogP contribution in [0.5, 0.6) is 0 Å². The van der Waals surface area contributed by atoms with E-state index in [4.69, 9.17) is 0 Å². The molecule has 0 saturated heterocycles. The maximum atomic E-state index is 3.96. The van der Waals surface area contributed by atoms with Crippen molar-refractivity contribution in [1.29, 1.82) is 0 Å². The van der Waals surface area contributed by atoms with Crippen molar-refractivity contribution < 1.29 is 0 Å². The summed E-state index contributed by atoms with van der Waals surface area (Å²) in [6.45, 7) is 3.56. The van der Waals surface area contributed by atoms with Gasteiger partial charge in [-0.25, -0.2) is 0 Å². The molecule has 0 bridgehead atoms. The first-order chi connectivity index (χ1) is 10.4. The maximum Gasteiger partial charge on any atom is 0.00980 e. The van der Waals surface area contributed by atoms with Crippen molar-refractivity contribution in [3.8, 4) is 0 Å². The van der Waals surface area contributed by atoms with Gasteiger partial charge < -0.3 is 5.32 Å². The molecule has 3 rings (SSSR count). The Morgan fingerprint density at radius 3 is 2.33 bits per heavy atom. The molecule has 21 heavy (non-hydrogen) atoms. The van der Waals surface area contributed by atoms with Gasteiger partial charge in [0.1, 0.15) is 0 Å².